The molecule has 3 heteroatoms. The Balaban J connectivity index is 2.45. The summed E-state index contributed by atoms with van der Waals surface area (Å²) in [6.07, 6.45) is 1.78. The number of carbonyl (C=O) groups excluding carboxylic acids is 1. The molecule has 1 aromatic heterocycles. The zero-order valence-electron chi connectivity index (χ0n) is 9.69. The first-order valence-electron chi connectivity index (χ1n) is 5.22. The molecular weight excluding hydrogens is 200 g/mol. The number of benzene rings is 1. The second-order valence-electron chi connectivity index (χ2n) is 3.96. The van der Waals surface area contributed by atoms with Gasteiger partial charge in [-0.3, -0.25) is 4.79 Å². The first-order chi connectivity index (χ1) is 7.58. The third kappa shape index (κ3) is 1.89. The Hall–Kier alpha value is -1.90. The molecule has 0 saturated heterocycles. The maximum atomic E-state index is 11.3. The molecule has 0 aliphatic carbocycles. The average molecular weight is 214 g/mol. The Morgan fingerprint density at radius 1 is 1.19 bits per heavy atom. The second-order valence-corrected chi connectivity index (χ2v) is 3.96. The molecule has 0 bridgehead atoms. The number of Topliss-reactive ketones (excluding diaryl/α,β-unsaturated/α-hetero) is 1. The van der Waals surface area contributed by atoms with Crippen molar-refractivity contribution in [2.75, 3.05) is 0 Å². The Morgan fingerprint density at radius 3 is 2.31 bits per heavy atom. The molecule has 3 nitrogen and oxygen atoms in total. The van der Waals surface area contributed by atoms with E-state index in [0.29, 0.717) is 5.56 Å². The van der Waals surface area contributed by atoms with Crippen LogP contribution in [0.5, 0.6) is 0 Å². The summed E-state index contributed by atoms with van der Waals surface area (Å²) in [5, 5.41) is 4.33. The highest BCUT2D eigenvalue weighted by molar-refractivity contribution is 5.94. The van der Waals surface area contributed by atoms with Crippen LogP contribution in [0.15, 0.2) is 30.5 Å². The number of hydrogen-bond acceptors (Lipinski definition) is 2. The molecule has 0 saturated carbocycles. The summed E-state index contributed by atoms with van der Waals surface area (Å²) in [6, 6.07) is 8.04. The Morgan fingerprint density at radius 2 is 1.81 bits per heavy atom. The van der Waals surface area contributed by atoms with E-state index in [4.69, 9.17) is 0 Å². The fourth-order valence-electron chi connectivity index (χ4n) is 1.64. The number of rotatable bonds is 2. The van der Waals surface area contributed by atoms with E-state index in [1.54, 1.807) is 17.8 Å². The molecule has 1 aromatic carbocycles. The van der Waals surface area contributed by atoms with Gasteiger partial charge in [0, 0.05) is 6.20 Å². The monoisotopic (exact) mass is 214 g/mol. The average Bonchev–Trinajstić information content (AvgIpc) is 2.61. The fraction of sp³-hybridized carbons (Fsp3) is 0.231. The summed E-state index contributed by atoms with van der Waals surface area (Å²) in [4.78, 5) is 11.3. The Labute approximate surface area is 94.7 Å². The van der Waals surface area contributed by atoms with Gasteiger partial charge < -0.3 is 0 Å². The van der Waals surface area contributed by atoms with E-state index in [1.807, 2.05) is 38.1 Å². The van der Waals surface area contributed by atoms with Gasteiger partial charge in [0.05, 0.1) is 16.9 Å². The summed E-state index contributed by atoms with van der Waals surface area (Å²) < 4.78 is 1.74. The van der Waals surface area contributed by atoms with Gasteiger partial charge in [0.15, 0.2) is 5.78 Å². The molecule has 0 fully saturated rings. The van der Waals surface area contributed by atoms with Crippen molar-refractivity contribution in [3.8, 4) is 5.69 Å². The number of ketones is 1. The highest BCUT2D eigenvalue weighted by atomic mass is 16.1. The zero-order chi connectivity index (χ0) is 11.7. The lowest BCUT2D eigenvalue weighted by atomic mass is 10.2. The SMILES string of the molecule is CC(=O)c1cn(-c2ccc(C)cc2)nc1C. The van der Waals surface area contributed by atoms with Crippen molar-refractivity contribution in [2.24, 2.45) is 0 Å². The minimum absolute atomic E-state index is 0.0517. The van der Waals surface area contributed by atoms with Gasteiger partial charge in [-0.05, 0) is 32.9 Å². The van der Waals surface area contributed by atoms with Crippen molar-refractivity contribution in [3.05, 3.63) is 47.3 Å². The van der Waals surface area contributed by atoms with Gasteiger partial charge in [0.2, 0.25) is 0 Å². The van der Waals surface area contributed by atoms with E-state index in [2.05, 4.69) is 5.10 Å². The molecule has 0 amide bonds. The molecule has 0 N–H and O–H groups in total. The van der Waals surface area contributed by atoms with Gasteiger partial charge in [0.1, 0.15) is 0 Å². The van der Waals surface area contributed by atoms with Gasteiger partial charge in [-0.25, -0.2) is 4.68 Å². The van der Waals surface area contributed by atoms with Crippen molar-refractivity contribution in [1.82, 2.24) is 9.78 Å². The number of nitrogens with zero attached hydrogens (tertiary/aromatic N) is 2. The second kappa shape index (κ2) is 3.93. The van der Waals surface area contributed by atoms with Gasteiger partial charge in [-0.2, -0.15) is 5.10 Å². The lowest BCUT2D eigenvalue weighted by molar-refractivity contribution is 0.101. The number of hydrogen-bond donors (Lipinski definition) is 0. The summed E-state index contributed by atoms with van der Waals surface area (Å²) >= 11 is 0. The van der Waals surface area contributed by atoms with Crippen molar-refractivity contribution in [1.29, 1.82) is 0 Å². The van der Waals surface area contributed by atoms with Crippen molar-refractivity contribution < 1.29 is 4.79 Å². The van der Waals surface area contributed by atoms with Crippen LogP contribution in [0.3, 0.4) is 0 Å². The van der Waals surface area contributed by atoms with Crippen LogP contribution in [-0.2, 0) is 0 Å². The van der Waals surface area contributed by atoms with Crippen LogP contribution in [0, 0.1) is 13.8 Å². The topological polar surface area (TPSA) is 34.9 Å². The molecule has 1 heterocycles. The molecule has 0 radical (unpaired) electrons. The van der Waals surface area contributed by atoms with E-state index in [0.717, 1.165) is 11.4 Å². The predicted octanol–water partition coefficient (Wildman–Crippen LogP) is 2.69. The zero-order valence-corrected chi connectivity index (χ0v) is 9.69. The Bertz CT molecular complexity index is 523. The van der Waals surface area contributed by atoms with Crippen LogP contribution in [0.2, 0.25) is 0 Å². The van der Waals surface area contributed by atoms with E-state index >= 15 is 0 Å². The lowest BCUT2D eigenvalue weighted by Gasteiger charge is -2.00. The molecule has 0 unspecified atom stereocenters. The lowest BCUT2D eigenvalue weighted by Crippen LogP contribution is -1.94. The minimum Gasteiger partial charge on any atom is -0.294 e. The maximum absolute atomic E-state index is 11.3. The van der Waals surface area contributed by atoms with Gasteiger partial charge >= 0.3 is 0 Å². The number of carbonyl (C=O) groups is 1. The quantitative estimate of drug-likeness (QED) is 0.720. The van der Waals surface area contributed by atoms with Crippen LogP contribution in [0.4, 0.5) is 0 Å². The van der Waals surface area contributed by atoms with E-state index in [-0.39, 0.29) is 5.78 Å². The fourth-order valence-corrected chi connectivity index (χ4v) is 1.64. The van der Waals surface area contributed by atoms with Crippen LogP contribution in [0.25, 0.3) is 5.69 Å². The normalized spacial score (nSPS) is 10.4. The van der Waals surface area contributed by atoms with E-state index in [9.17, 15) is 4.79 Å². The minimum atomic E-state index is 0.0517. The third-order valence-corrected chi connectivity index (χ3v) is 2.58. The molecular formula is C13H14N2O. The highest BCUT2D eigenvalue weighted by Gasteiger charge is 2.09. The third-order valence-electron chi connectivity index (χ3n) is 2.58. The maximum Gasteiger partial charge on any atom is 0.163 e. The molecule has 0 aliphatic heterocycles. The molecule has 2 aromatic rings. The molecule has 82 valence electrons. The molecule has 2 rings (SSSR count). The van der Waals surface area contributed by atoms with Gasteiger partial charge in [0.25, 0.3) is 0 Å². The molecule has 0 atom stereocenters. The highest BCUT2D eigenvalue weighted by Crippen LogP contribution is 2.13. The van der Waals surface area contributed by atoms with Crippen LogP contribution < -0.4 is 0 Å². The van der Waals surface area contributed by atoms with E-state index in [1.165, 1.54) is 5.56 Å². The summed E-state index contributed by atoms with van der Waals surface area (Å²) in [7, 11) is 0. The van der Waals surface area contributed by atoms with Gasteiger partial charge in [-0.15, -0.1) is 0 Å². The molecule has 0 spiro atoms. The Kier molecular flexibility index (Phi) is 2.60. The summed E-state index contributed by atoms with van der Waals surface area (Å²) in [5.41, 5.74) is 3.63. The first-order valence-corrected chi connectivity index (χ1v) is 5.22. The van der Waals surface area contributed by atoms with Crippen LogP contribution in [-0.4, -0.2) is 15.6 Å². The molecule has 0 aliphatic rings. The number of aryl methyl sites for hydroxylation is 2. The summed E-state index contributed by atoms with van der Waals surface area (Å²) in [5.74, 6) is 0.0517. The molecule has 16 heavy (non-hydrogen) atoms. The van der Waals surface area contributed by atoms with Crippen molar-refractivity contribution in [2.45, 2.75) is 20.8 Å². The predicted molar refractivity (Wildman–Crippen MR) is 63.0 cm³/mol. The van der Waals surface area contributed by atoms with Gasteiger partial charge in [-0.1, -0.05) is 17.7 Å². The largest absolute Gasteiger partial charge is 0.294 e. The van der Waals surface area contributed by atoms with Crippen LogP contribution >= 0.6 is 0 Å². The van der Waals surface area contributed by atoms with Crippen molar-refractivity contribution >= 4 is 5.78 Å². The summed E-state index contributed by atoms with van der Waals surface area (Å²) in [6.45, 7) is 5.45. The van der Waals surface area contributed by atoms with Crippen molar-refractivity contribution in [3.63, 3.8) is 0 Å². The van der Waals surface area contributed by atoms with E-state index < -0.39 is 0 Å². The standard InChI is InChI=1S/C13H14N2O/c1-9-4-6-12(7-5-9)15-8-13(11(3)16)10(2)14-15/h4-8H,1-3H3. The number of aromatic nitrogens is 2. The first kappa shape index (κ1) is 10.6. The van der Waals surface area contributed by atoms with Crippen LogP contribution in [0.1, 0.15) is 28.5 Å². The smallest absolute Gasteiger partial charge is 0.163 e.